The molecule has 1 aromatic carbocycles. The molecule has 0 N–H and O–H groups in total. The van der Waals surface area contributed by atoms with Crippen LogP contribution in [0.25, 0.3) is 0 Å². The number of fused-ring (bicyclic) bond motifs is 1. The second kappa shape index (κ2) is 6.22. The molecule has 2 heterocycles. The Morgan fingerprint density at radius 2 is 2.04 bits per heavy atom. The SMILES string of the molecule is CC(=O)N1CC[C@H](CN(C)C(=O)N2c3ccccc3C[C@@H]2C)C1. The van der Waals surface area contributed by atoms with Crippen LogP contribution in [0.4, 0.5) is 10.5 Å². The first-order chi connectivity index (χ1) is 11.0. The predicted octanol–water partition coefficient (Wildman–Crippen LogP) is 2.36. The summed E-state index contributed by atoms with van der Waals surface area (Å²) in [7, 11) is 1.87. The number of rotatable bonds is 2. The topological polar surface area (TPSA) is 43.9 Å². The summed E-state index contributed by atoms with van der Waals surface area (Å²) in [4.78, 5) is 29.9. The van der Waals surface area contributed by atoms with Crippen molar-refractivity contribution >= 4 is 17.6 Å². The van der Waals surface area contributed by atoms with Crippen molar-refractivity contribution in [3.63, 3.8) is 0 Å². The first-order valence-corrected chi connectivity index (χ1v) is 8.35. The molecule has 0 aliphatic carbocycles. The molecule has 5 nitrogen and oxygen atoms in total. The molecule has 124 valence electrons. The summed E-state index contributed by atoms with van der Waals surface area (Å²) in [5.74, 6) is 0.504. The maximum Gasteiger partial charge on any atom is 0.324 e. The van der Waals surface area contributed by atoms with Crippen LogP contribution >= 0.6 is 0 Å². The second-order valence-electron chi connectivity index (χ2n) is 6.83. The Morgan fingerprint density at radius 3 is 2.74 bits per heavy atom. The van der Waals surface area contributed by atoms with Gasteiger partial charge in [0.1, 0.15) is 0 Å². The first kappa shape index (κ1) is 15.8. The molecule has 0 bridgehead atoms. The highest BCUT2D eigenvalue weighted by atomic mass is 16.2. The van der Waals surface area contributed by atoms with Gasteiger partial charge in [0.15, 0.2) is 0 Å². The Labute approximate surface area is 137 Å². The average molecular weight is 315 g/mol. The van der Waals surface area contributed by atoms with Gasteiger partial charge in [0.05, 0.1) is 0 Å². The highest BCUT2D eigenvalue weighted by molar-refractivity contribution is 5.94. The third-order valence-electron chi connectivity index (χ3n) is 5.00. The lowest BCUT2D eigenvalue weighted by Gasteiger charge is -2.30. The van der Waals surface area contributed by atoms with Gasteiger partial charge < -0.3 is 9.80 Å². The molecule has 0 spiro atoms. The standard InChI is InChI=1S/C18H25N3O2/c1-13-10-16-6-4-5-7-17(16)21(13)18(23)19(3)11-15-8-9-20(12-15)14(2)22/h4-7,13,15H,8-12H2,1-3H3/t13-,15+/m0/s1. The van der Waals surface area contributed by atoms with Crippen LogP contribution in [0.3, 0.4) is 0 Å². The van der Waals surface area contributed by atoms with Gasteiger partial charge in [0, 0.05) is 45.3 Å². The largest absolute Gasteiger partial charge is 0.343 e. The van der Waals surface area contributed by atoms with Gasteiger partial charge in [0.2, 0.25) is 5.91 Å². The zero-order valence-corrected chi connectivity index (χ0v) is 14.2. The van der Waals surface area contributed by atoms with Crippen molar-refractivity contribution < 1.29 is 9.59 Å². The van der Waals surface area contributed by atoms with Crippen molar-refractivity contribution in [2.75, 3.05) is 31.6 Å². The molecule has 1 saturated heterocycles. The van der Waals surface area contributed by atoms with Crippen LogP contribution in [0, 0.1) is 5.92 Å². The van der Waals surface area contributed by atoms with Gasteiger partial charge in [-0.2, -0.15) is 0 Å². The van der Waals surface area contributed by atoms with E-state index < -0.39 is 0 Å². The molecule has 3 rings (SSSR count). The number of hydrogen-bond donors (Lipinski definition) is 0. The molecule has 0 radical (unpaired) electrons. The lowest BCUT2D eigenvalue weighted by Crippen LogP contribution is -2.46. The minimum Gasteiger partial charge on any atom is -0.343 e. The van der Waals surface area contributed by atoms with E-state index in [0.717, 1.165) is 31.6 Å². The molecule has 0 saturated carbocycles. The minimum absolute atomic E-state index is 0.0590. The summed E-state index contributed by atoms with van der Waals surface area (Å²) in [6.07, 6.45) is 1.89. The fraction of sp³-hybridized carbons (Fsp3) is 0.556. The lowest BCUT2D eigenvalue weighted by atomic mass is 10.1. The second-order valence-corrected chi connectivity index (χ2v) is 6.83. The maximum absolute atomic E-state index is 12.9. The van der Waals surface area contributed by atoms with Gasteiger partial charge >= 0.3 is 6.03 Å². The highest BCUT2D eigenvalue weighted by Gasteiger charge is 2.34. The van der Waals surface area contributed by atoms with Crippen LogP contribution in [0.1, 0.15) is 25.8 Å². The van der Waals surface area contributed by atoms with E-state index in [0.29, 0.717) is 12.5 Å². The summed E-state index contributed by atoms with van der Waals surface area (Å²) in [6, 6.07) is 8.39. The Hall–Kier alpha value is -2.04. The smallest absolute Gasteiger partial charge is 0.324 e. The molecule has 2 atom stereocenters. The van der Waals surface area contributed by atoms with Crippen molar-refractivity contribution in [3.05, 3.63) is 29.8 Å². The van der Waals surface area contributed by atoms with Gasteiger partial charge in [-0.05, 0) is 37.3 Å². The van der Waals surface area contributed by atoms with E-state index in [2.05, 4.69) is 13.0 Å². The maximum atomic E-state index is 12.9. The normalized spacial score (nSPS) is 23.1. The fourth-order valence-corrected chi connectivity index (χ4v) is 3.77. The summed E-state index contributed by atoms with van der Waals surface area (Å²) in [6.45, 7) is 5.98. The van der Waals surface area contributed by atoms with Crippen LogP contribution in [0.2, 0.25) is 0 Å². The zero-order chi connectivity index (χ0) is 16.6. The molecule has 0 unspecified atom stereocenters. The van der Waals surface area contributed by atoms with Crippen molar-refractivity contribution in [1.82, 2.24) is 9.80 Å². The number of carbonyl (C=O) groups is 2. The minimum atomic E-state index is 0.0590. The van der Waals surface area contributed by atoms with Gasteiger partial charge in [0.25, 0.3) is 0 Å². The molecular weight excluding hydrogens is 290 g/mol. The van der Waals surface area contributed by atoms with Crippen LogP contribution in [-0.4, -0.2) is 54.5 Å². The van der Waals surface area contributed by atoms with Crippen molar-refractivity contribution in [1.29, 1.82) is 0 Å². The van der Waals surface area contributed by atoms with Crippen molar-refractivity contribution in [3.8, 4) is 0 Å². The Bertz CT molecular complexity index is 616. The van der Waals surface area contributed by atoms with Crippen LogP contribution in [0.15, 0.2) is 24.3 Å². The number of para-hydroxylation sites is 1. The molecule has 2 aliphatic heterocycles. The Kier molecular flexibility index (Phi) is 4.28. The van der Waals surface area contributed by atoms with Crippen LogP contribution in [0.5, 0.6) is 0 Å². The number of likely N-dealkylation sites (tertiary alicyclic amines) is 1. The molecule has 3 amide bonds. The van der Waals surface area contributed by atoms with E-state index in [9.17, 15) is 9.59 Å². The van der Waals surface area contributed by atoms with Crippen LogP contribution in [-0.2, 0) is 11.2 Å². The van der Waals surface area contributed by atoms with E-state index in [1.165, 1.54) is 5.56 Å². The average Bonchev–Trinajstić information content (AvgIpc) is 3.10. The van der Waals surface area contributed by atoms with E-state index in [1.54, 1.807) is 6.92 Å². The molecule has 2 aliphatic rings. The Morgan fingerprint density at radius 1 is 1.30 bits per heavy atom. The predicted molar refractivity (Wildman–Crippen MR) is 90.5 cm³/mol. The zero-order valence-electron chi connectivity index (χ0n) is 14.2. The number of urea groups is 1. The third kappa shape index (κ3) is 3.05. The highest BCUT2D eigenvalue weighted by Crippen LogP contribution is 2.32. The van der Waals surface area contributed by atoms with Crippen LogP contribution < -0.4 is 4.90 Å². The van der Waals surface area contributed by atoms with E-state index in [-0.39, 0.29) is 18.0 Å². The molecule has 5 heteroatoms. The Balaban J connectivity index is 1.65. The lowest BCUT2D eigenvalue weighted by molar-refractivity contribution is -0.127. The molecule has 1 aromatic rings. The van der Waals surface area contributed by atoms with E-state index in [4.69, 9.17) is 0 Å². The summed E-state index contributed by atoms with van der Waals surface area (Å²) in [5, 5.41) is 0. The van der Waals surface area contributed by atoms with Crippen molar-refractivity contribution in [2.24, 2.45) is 5.92 Å². The molecule has 1 fully saturated rings. The number of nitrogens with zero attached hydrogens (tertiary/aromatic N) is 3. The number of amides is 3. The monoisotopic (exact) mass is 315 g/mol. The first-order valence-electron chi connectivity index (χ1n) is 8.35. The third-order valence-corrected chi connectivity index (χ3v) is 5.00. The van der Waals surface area contributed by atoms with Crippen molar-refractivity contribution in [2.45, 2.75) is 32.7 Å². The number of anilines is 1. The number of carbonyl (C=O) groups excluding carboxylic acids is 2. The number of hydrogen-bond acceptors (Lipinski definition) is 2. The summed E-state index contributed by atoms with van der Waals surface area (Å²) in [5.41, 5.74) is 2.28. The summed E-state index contributed by atoms with van der Waals surface area (Å²) >= 11 is 0. The van der Waals surface area contributed by atoms with Gasteiger partial charge in [-0.1, -0.05) is 18.2 Å². The van der Waals surface area contributed by atoms with Gasteiger partial charge in [-0.3, -0.25) is 9.69 Å². The van der Waals surface area contributed by atoms with E-state index in [1.807, 2.05) is 39.9 Å². The van der Waals surface area contributed by atoms with Gasteiger partial charge in [-0.15, -0.1) is 0 Å². The quantitative estimate of drug-likeness (QED) is 0.841. The summed E-state index contributed by atoms with van der Waals surface area (Å²) < 4.78 is 0. The molecule has 23 heavy (non-hydrogen) atoms. The fourth-order valence-electron chi connectivity index (χ4n) is 3.77. The van der Waals surface area contributed by atoms with E-state index >= 15 is 0 Å². The van der Waals surface area contributed by atoms with Gasteiger partial charge in [-0.25, -0.2) is 4.79 Å². The molecular formula is C18H25N3O2. The number of benzene rings is 1. The molecule has 0 aromatic heterocycles.